The summed E-state index contributed by atoms with van der Waals surface area (Å²) in [7, 11) is 0. The maximum atomic E-state index is 12.1. The maximum absolute atomic E-state index is 12.1. The van der Waals surface area contributed by atoms with Crippen LogP contribution in [-0.2, 0) is 4.79 Å². The first kappa shape index (κ1) is 15.3. The van der Waals surface area contributed by atoms with Gasteiger partial charge in [-0.15, -0.1) is 0 Å². The molecule has 0 spiro atoms. The highest BCUT2D eigenvalue weighted by atomic mass is 19.4. The van der Waals surface area contributed by atoms with Crippen molar-refractivity contribution in [3.8, 4) is 0 Å². The summed E-state index contributed by atoms with van der Waals surface area (Å²) in [5, 5.41) is 12.0. The number of aliphatic carboxylic acids is 1. The van der Waals surface area contributed by atoms with E-state index in [0.29, 0.717) is 5.69 Å². The van der Waals surface area contributed by atoms with Gasteiger partial charge in [0.05, 0.1) is 0 Å². The second-order valence-corrected chi connectivity index (χ2v) is 4.60. The molecule has 0 aliphatic heterocycles. The standard InChI is InChI=1S/C13H16F3NO2/c1-12(11(18)19,8-5-9-13(14,15)16)17-10-6-3-2-4-7-10/h2-4,6-7,17H,5,8-9H2,1H3,(H,18,19). The van der Waals surface area contributed by atoms with Crippen molar-refractivity contribution in [1.82, 2.24) is 0 Å². The minimum Gasteiger partial charge on any atom is -0.480 e. The molecule has 3 nitrogen and oxygen atoms in total. The van der Waals surface area contributed by atoms with Gasteiger partial charge in [0.2, 0.25) is 0 Å². The highest BCUT2D eigenvalue weighted by Crippen LogP contribution is 2.27. The van der Waals surface area contributed by atoms with Crippen LogP contribution in [0.25, 0.3) is 0 Å². The monoisotopic (exact) mass is 275 g/mol. The third-order valence-electron chi connectivity index (χ3n) is 2.80. The molecule has 1 aromatic rings. The smallest absolute Gasteiger partial charge is 0.389 e. The Hall–Kier alpha value is -1.72. The zero-order valence-electron chi connectivity index (χ0n) is 10.5. The fraction of sp³-hybridized carbons (Fsp3) is 0.462. The van der Waals surface area contributed by atoms with E-state index in [1.54, 1.807) is 30.3 Å². The third-order valence-corrected chi connectivity index (χ3v) is 2.80. The average Bonchev–Trinajstić information content (AvgIpc) is 2.28. The van der Waals surface area contributed by atoms with Gasteiger partial charge in [-0.25, -0.2) is 4.79 Å². The molecule has 1 aromatic carbocycles. The van der Waals surface area contributed by atoms with Crippen molar-refractivity contribution < 1.29 is 23.1 Å². The van der Waals surface area contributed by atoms with Gasteiger partial charge in [0.15, 0.2) is 0 Å². The lowest BCUT2D eigenvalue weighted by Crippen LogP contribution is -2.43. The van der Waals surface area contributed by atoms with Crippen LogP contribution >= 0.6 is 0 Å². The summed E-state index contributed by atoms with van der Waals surface area (Å²) >= 11 is 0. The molecule has 0 saturated heterocycles. The van der Waals surface area contributed by atoms with Crippen LogP contribution < -0.4 is 5.32 Å². The van der Waals surface area contributed by atoms with E-state index in [-0.39, 0.29) is 12.8 Å². The average molecular weight is 275 g/mol. The predicted molar refractivity (Wildman–Crippen MR) is 66.0 cm³/mol. The first-order valence-corrected chi connectivity index (χ1v) is 5.86. The topological polar surface area (TPSA) is 49.3 Å². The van der Waals surface area contributed by atoms with Crippen LogP contribution in [0.2, 0.25) is 0 Å². The summed E-state index contributed by atoms with van der Waals surface area (Å²) in [6.45, 7) is 1.39. The highest BCUT2D eigenvalue weighted by molar-refractivity contribution is 5.82. The zero-order valence-corrected chi connectivity index (χ0v) is 10.5. The van der Waals surface area contributed by atoms with Crippen LogP contribution in [0.3, 0.4) is 0 Å². The highest BCUT2D eigenvalue weighted by Gasteiger charge is 2.35. The number of para-hydroxylation sites is 1. The van der Waals surface area contributed by atoms with Gasteiger partial charge < -0.3 is 10.4 Å². The second-order valence-electron chi connectivity index (χ2n) is 4.60. The Morgan fingerprint density at radius 2 is 1.79 bits per heavy atom. The van der Waals surface area contributed by atoms with Crippen molar-refractivity contribution in [3.05, 3.63) is 30.3 Å². The number of hydrogen-bond donors (Lipinski definition) is 2. The molecule has 0 radical (unpaired) electrons. The Labute approximate surface area is 109 Å². The Balaban J connectivity index is 2.67. The molecule has 0 aromatic heterocycles. The van der Waals surface area contributed by atoms with Gasteiger partial charge in [-0.3, -0.25) is 0 Å². The number of alkyl halides is 3. The molecule has 1 rings (SSSR count). The molecular formula is C13H16F3NO2. The molecule has 0 bridgehead atoms. The van der Waals surface area contributed by atoms with Crippen molar-refractivity contribution in [3.63, 3.8) is 0 Å². The van der Waals surface area contributed by atoms with E-state index in [2.05, 4.69) is 5.32 Å². The molecule has 1 unspecified atom stereocenters. The first-order valence-electron chi connectivity index (χ1n) is 5.86. The molecule has 0 amide bonds. The molecule has 0 aliphatic carbocycles. The van der Waals surface area contributed by atoms with Gasteiger partial charge in [0, 0.05) is 12.1 Å². The normalized spacial score (nSPS) is 14.7. The molecule has 106 valence electrons. The van der Waals surface area contributed by atoms with Crippen molar-refractivity contribution in [1.29, 1.82) is 0 Å². The van der Waals surface area contributed by atoms with E-state index < -0.39 is 24.1 Å². The lowest BCUT2D eigenvalue weighted by Gasteiger charge is -2.27. The van der Waals surface area contributed by atoms with Crippen LogP contribution in [0, 0.1) is 0 Å². The molecule has 0 saturated carbocycles. The molecule has 2 N–H and O–H groups in total. The van der Waals surface area contributed by atoms with Crippen molar-refractivity contribution in [2.75, 3.05) is 5.32 Å². The van der Waals surface area contributed by atoms with E-state index in [9.17, 15) is 23.1 Å². The van der Waals surface area contributed by atoms with Crippen molar-refractivity contribution >= 4 is 11.7 Å². The maximum Gasteiger partial charge on any atom is 0.389 e. The van der Waals surface area contributed by atoms with Crippen LogP contribution in [0.15, 0.2) is 30.3 Å². The van der Waals surface area contributed by atoms with Crippen molar-refractivity contribution in [2.24, 2.45) is 0 Å². The fourth-order valence-electron chi connectivity index (χ4n) is 1.71. The van der Waals surface area contributed by atoms with E-state index >= 15 is 0 Å². The number of carboxylic acid groups (broad SMARTS) is 1. The summed E-state index contributed by atoms with van der Waals surface area (Å²) in [6.07, 6.45) is -5.57. The minimum atomic E-state index is -4.26. The Kier molecular flexibility index (Phi) is 4.80. The number of halogens is 3. The number of hydrogen-bond acceptors (Lipinski definition) is 2. The summed E-state index contributed by atoms with van der Waals surface area (Å²) in [6, 6.07) is 8.56. The predicted octanol–water partition coefficient (Wildman–Crippen LogP) is 3.67. The zero-order chi connectivity index (χ0) is 14.5. The van der Waals surface area contributed by atoms with E-state index in [4.69, 9.17) is 0 Å². The fourth-order valence-corrected chi connectivity index (χ4v) is 1.71. The largest absolute Gasteiger partial charge is 0.480 e. The molecule has 19 heavy (non-hydrogen) atoms. The van der Waals surface area contributed by atoms with Crippen LogP contribution in [0.5, 0.6) is 0 Å². The molecule has 1 atom stereocenters. The lowest BCUT2D eigenvalue weighted by molar-refractivity contribution is -0.145. The van der Waals surface area contributed by atoms with Gasteiger partial charge in [0.1, 0.15) is 5.54 Å². The van der Waals surface area contributed by atoms with Crippen LogP contribution in [0.4, 0.5) is 18.9 Å². The van der Waals surface area contributed by atoms with Gasteiger partial charge in [-0.2, -0.15) is 13.2 Å². The number of carbonyl (C=O) groups is 1. The van der Waals surface area contributed by atoms with Gasteiger partial charge in [-0.1, -0.05) is 18.2 Å². The Morgan fingerprint density at radius 1 is 1.21 bits per heavy atom. The molecular weight excluding hydrogens is 259 g/mol. The lowest BCUT2D eigenvalue weighted by atomic mass is 9.94. The van der Waals surface area contributed by atoms with Gasteiger partial charge >= 0.3 is 12.1 Å². The minimum absolute atomic E-state index is 0.100. The van der Waals surface area contributed by atoms with Crippen LogP contribution in [-0.4, -0.2) is 22.8 Å². The number of nitrogens with one attached hydrogen (secondary N) is 1. The van der Waals surface area contributed by atoms with Gasteiger partial charge in [0.25, 0.3) is 0 Å². The second kappa shape index (κ2) is 5.95. The van der Waals surface area contributed by atoms with E-state index in [1.165, 1.54) is 6.92 Å². The number of carboxylic acids is 1. The Morgan fingerprint density at radius 3 is 2.26 bits per heavy atom. The summed E-state index contributed by atoms with van der Waals surface area (Å²) in [5.41, 5.74) is -0.841. The van der Waals surface area contributed by atoms with E-state index in [0.717, 1.165) is 0 Å². The molecule has 0 fully saturated rings. The third kappa shape index (κ3) is 5.19. The first-order chi connectivity index (χ1) is 8.73. The van der Waals surface area contributed by atoms with E-state index in [1.807, 2.05) is 0 Å². The molecule has 0 heterocycles. The molecule has 6 heteroatoms. The SMILES string of the molecule is CC(CCCC(F)(F)F)(Nc1ccccc1)C(=O)O. The summed E-state index contributed by atoms with van der Waals surface area (Å²) < 4.78 is 36.3. The number of benzene rings is 1. The Bertz CT molecular complexity index is 420. The number of rotatable bonds is 6. The quantitative estimate of drug-likeness (QED) is 0.832. The summed E-state index contributed by atoms with van der Waals surface area (Å²) in [4.78, 5) is 11.2. The van der Waals surface area contributed by atoms with Crippen molar-refractivity contribution in [2.45, 2.75) is 37.9 Å². The molecule has 0 aliphatic rings. The number of anilines is 1. The summed E-state index contributed by atoms with van der Waals surface area (Å²) in [5.74, 6) is -1.17. The van der Waals surface area contributed by atoms with Gasteiger partial charge in [-0.05, 0) is 31.9 Å². The van der Waals surface area contributed by atoms with Crippen LogP contribution in [0.1, 0.15) is 26.2 Å².